The van der Waals surface area contributed by atoms with Gasteiger partial charge in [0.05, 0.1) is 29.1 Å². The summed E-state index contributed by atoms with van der Waals surface area (Å²) in [6, 6.07) is 9.91. The van der Waals surface area contributed by atoms with Gasteiger partial charge in [0.2, 0.25) is 0 Å². The zero-order valence-corrected chi connectivity index (χ0v) is 19.6. The number of halogens is 1. The molecule has 2 aromatic carbocycles. The summed E-state index contributed by atoms with van der Waals surface area (Å²) in [7, 11) is 1.06. The van der Waals surface area contributed by atoms with E-state index in [1.165, 1.54) is 47.0 Å². The van der Waals surface area contributed by atoms with Gasteiger partial charge in [-0.05, 0) is 43.3 Å². The van der Waals surface area contributed by atoms with Crippen LogP contribution in [0, 0.1) is 18.2 Å². The summed E-state index contributed by atoms with van der Waals surface area (Å²) < 4.78 is 45.7. The fourth-order valence-electron chi connectivity index (χ4n) is 3.15. The maximum atomic E-state index is 14.6. The monoisotopic (exact) mass is 473 g/mol. The lowest BCUT2D eigenvalue weighted by atomic mass is 10.1. The Hall–Kier alpha value is -3.73. The Kier molecular flexibility index (Phi) is 6.54. The first-order valence-electron chi connectivity index (χ1n) is 9.74. The fourth-order valence-corrected chi connectivity index (χ4v) is 4.01. The number of methoxy groups -OCH3 is 1. The number of nitrogens with zero attached hydrogens (tertiary/aromatic N) is 3. The maximum Gasteiger partial charge on any atom is 0.274 e. The highest BCUT2D eigenvalue weighted by Crippen LogP contribution is 2.27. The van der Waals surface area contributed by atoms with Crippen molar-refractivity contribution in [1.82, 2.24) is 14.7 Å². The molecule has 3 rings (SSSR count). The van der Waals surface area contributed by atoms with Crippen molar-refractivity contribution in [3.05, 3.63) is 65.2 Å². The van der Waals surface area contributed by atoms with Gasteiger partial charge in [0.25, 0.3) is 5.91 Å². The van der Waals surface area contributed by atoms with Gasteiger partial charge in [-0.15, -0.1) is 0 Å². The van der Waals surface area contributed by atoms with Gasteiger partial charge in [-0.1, -0.05) is 0 Å². The Labute approximate surface area is 191 Å². The molecule has 0 spiro atoms. The molecule has 0 radical (unpaired) electrons. The third-order valence-electron chi connectivity index (χ3n) is 4.80. The number of hydrogen-bond donors (Lipinski definition) is 2. The molecular weight excluding hydrogens is 449 g/mol. The number of rotatable bonds is 6. The first-order chi connectivity index (χ1) is 15.4. The van der Waals surface area contributed by atoms with E-state index in [4.69, 9.17) is 10.1 Å². The number of hydrogen-bond acceptors (Lipinski definition) is 6. The zero-order valence-electron chi connectivity index (χ0n) is 18.8. The van der Waals surface area contributed by atoms with Crippen molar-refractivity contribution in [3.8, 4) is 11.4 Å². The minimum absolute atomic E-state index is 0.0204. The van der Waals surface area contributed by atoms with Crippen LogP contribution in [-0.4, -0.2) is 62.3 Å². The van der Waals surface area contributed by atoms with Gasteiger partial charge >= 0.3 is 0 Å². The van der Waals surface area contributed by atoms with E-state index in [9.17, 15) is 17.6 Å². The molecule has 0 aliphatic rings. The van der Waals surface area contributed by atoms with Crippen molar-refractivity contribution < 1.29 is 22.3 Å². The first kappa shape index (κ1) is 23.9. The summed E-state index contributed by atoms with van der Waals surface area (Å²) in [5, 5.41) is 14.7. The van der Waals surface area contributed by atoms with Crippen molar-refractivity contribution >= 4 is 27.3 Å². The molecule has 0 aliphatic heterocycles. The second-order valence-electron chi connectivity index (χ2n) is 7.58. The van der Waals surface area contributed by atoms with Gasteiger partial charge in [0.1, 0.15) is 23.1 Å². The molecule has 1 heterocycles. The predicted molar refractivity (Wildman–Crippen MR) is 123 cm³/mol. The first-order valence-corrected chi connectivity index (χ1v) is 11.6. The number of amides is 1. The number of aryl methyl sites for hydroxylation is 1. The van der Waals surface area contributed by atoms with Crippen molar-refractivity contribution in [1.29, 1.82) is 5.41 Å². The lowest BCUT2D eigenvalue weighted by Crippen LogP contribution is -2.22. The average molecular weight is 474 g/mol. The summed E-state index contributed by atoms with van der Waals surface area (Å²) in [6.45, 7) is 1.65. The third-order valence-corrected chi connectivity index (χ3v) is 5.92. The summed E-state index contributed by atoms with van der Waals surface area (Å²) in [6.07, 6.45) is 1.05. The molecule has 174 valence electrons. The van der Waals surface area contributed by atoms with Gasteiger partial charge in [-0.3, -0.25) is 10.2 Å². The quantitative estimate of drug-likeness (QED) is 0.420. The topological polar surface area (TPSA) is 117 Å². The number of nitrogens with one attached hydrogen (secondary N) is 2. The maximum absolute atomic E-state index is 14.6. The van der Waals surface area contributed by atoms with Crippen LogP contribution >= 0.6 is 0 Å². The fraction of sp³-hybridized carbons (Fsp3) is 0.227. The van der Waals surface area contributed by atoms with Crippen LogP contribution in [0.1, 0.15) is 21.7 Å². The molecule has 1 amide bonds. The Bertz CT molecular complexity index is 1350. The second kappa shape index (κ2) is 9.02. The minimum Gasteiger partial charge on any atom is -0.497 e. The molecular formula is C22H24FN5O4S. The molecule has 0 saturated carbocycles. The highest BCUT2D eigenvalue weighted by molar-refractivity contribution is 7.90. The Morgan fingerprint density at radius 2 is 1.88 bits per heavy atom. The van der Waals surface area contributed by atoms with E-state index >= 15 is 0 Å². The van der Waals surface area contributed by atoms with Crippen LogP contribution in [0.2, 0.25) is 0 Å². The van der Waals surface area contributed by atoms with E-state index in [0.29, 0.717) is 17.0 Å². The average Bonchev–Trinajstić information content (AvgIpc) is 3.15. The van der Waals surface area contributed by atoms with E-state index < -0.39 is 21.6 Å². The van der Waals surface area contributed by atoms with Crippen LogP contribution < -0.4 is 10.1 Å². The SMILES string of the molecule is COc1ccc(-n2nc(C)cc2C(=O)Nc2ccc(C(=N)N(C)C)cc2F)c(S(C)(=O)=O)c1. The third kappa shape index (κ3) is 5.03. The molecule has 0 bridgehead atoms. The Morgan fingerprint density at radius 1 is 1.18 bits per heavy atom. The van der Waals surface area contributed by atoms with Crippen molar-refractivity contribution in [2.45, 2.75) is 11.8 Å². The zero-order chi connectivity index (χ0) is 24.5. The second-order valence-corrected chi connectivity index (χ2v) is 9.56. The van der Waals surface area contributed by atoms with Gasteiger partial charge in [-0.25, -0.2) is 17.5 Å². The highest BCUT2D eigenvalue weighted by atomic mass is 32.2. The Balaban J connectivity index is 2.02. The van der Waals surface area contributed by atoms with E-state index in [1.807, 2.05) is 0 Å². The van der Waals surface area contributed by atoms with Crippen LogP contribution in [0.15, 0.2) is 47.4 Å². The van der Waals surface area contributed by atoms with E-state index in [1.54, 1.807) is 27.1 Å². The number of amidine groups is 1. The molecule has 1 aromatic heterocycles. The van der Waals surface area contributed by atoms with Crippen molar-refractivity contribution in [2.24, 2.45) is 0 Å². The normalized spacial score (nSPS) is 11.2. The van der Waals surface area contributed by atoms with Gasteiger partial charge < -0.3 is 15.0 Å². The van der Waals surface area contributed by atoms with E-state index in [2.05, 4.69) is 10.4 Å². The number of carbonyl (C=O) groups excluding carboxylic acids is 1. The number of aromatic nitrogens is 2. The van der Waals surface area contributed by atoms with E-state index in [-0.39, 0.29) is 27.8 Å². The van der Waals surface area contributed by atoms with Crippen molar-refractivity contribution in [3.63, 3.8) is 0 Å². The van der Waals surface area contributed by atoms with Crippen LogP contribution in [0.3, 0.4) is 0 Å². The molecule has 3 aromatic rings. The van der Waals surface area contributed by atoms with Gasteiger partial charge in [0, 0.05) is 32.0 Å². The highest BCUT2D eigenvalue weighted by Gasteiger charge is 2.23. The smallest absolute Gasteiger partial charge is 0.274 e. The van der Waals surface area contributed by atoms with E-state index in [0.717, 1.165) is 12.3 Å². The number of sulfone groups is 1. The number of benzene rings is 2. The summed E-state index contributed by atoms with van der Waals surface area (Å²) in [4.78, 5) is 14.5. The predicted octanol–water partition coefficient (Wildman–Crippen LogP) is 2.87. The minimum atomic E-state index is -3.69. The molecule has 0 fully saturated rings. The number of anilines is 1. The number of carbonyl (C=O) groups is 1. The van der Waals surface area contributed by atoms with Crippen LogP contribution in [0.4, 0.5) is 10.1 Å². The summed E-state index contributed by atoms with van der Waals surface area (Å²) >= 11 is 0. The summed E-state index contributed by atoms with van der Waals surface area (Å²) in [5.41, 5.74) is 0.913. The molecule has 2 N–H and O–H groups in total. The lowest BCUT2D eigenvalue weighted by molar-refractivity contribution is 0.101. The number of ether oxygens (including phenoxy) is 1. The van der Waals surface area contributed by atoms with Gasteiger partial charge in [-0.2, -0.15) is 5.10 Å². The van der Waals surface area contributed by atoms with Crippen LogP contribution in [0.25, 0.3) is 5.69 Å². The molecule has 33 heavy (non-hydrogen) atoms. The molecule has 0 atom stereocenters. The molecule has 0 aliphatic carbocycles. The Morgan fingerprint density at radius 3 is 2.45 bits per heavy atom. The molecule has 9 nitrogen and oxygen atoms in total. The molecule has 0 saturated heterocycles. The lowest BCUT2D eigenvalue weighted by Gasteiger charge is -2.15. The van der Waals surface area contributed by atoms with Crippen LogP contribution in [-0.2, 0) is 9.84 Å². The molecule has 0 unspecified atom stereocenters. The van der Waals surface area contributed by atoms with Crippen LogP contribution in [0.5, 0.6) is 5.75 Å². The van der Waals surface area contributed by atoms with Crippen molar-refractivity contribution in [2.75, 3.05) is 32.8 Å². The summed E-state index contributed by atoms with van der Waals surface area (Å²) in [5.74, 6) is -0.940. The largest absolute Gasteiger partial charge is 0.497 e. The van der Waals surface area contributed by atoms with Gasteiger partial charge in [0.15, 0.2) is 9.84 Å². The standard InChI is InChI=1S/C22H24FN5O4S/c1-13-10-19(22(29)25-17-8-6-14(11-16(17)23)21(24)27(2)3)28(26-13)18-9-7-15(32-4)12-20(18)33(5,30)31/h6-12,24H,1-5H3,(H,25,29). The molecule has 11 heteroatoms.